The minimum absolute atomic E-state index is 0.219. The van der Waals surface area contributed by atoms with Crippen molar-refractivity contribution in [1.82, 2.24) is 0 Å². The van der Waals surface area contributed by atoms with E-state index in [1.54, 1.807) is 12.1 Å². The van der Waals surface area contributed by atoms with E-state index in [-0.39, 0.29) is 11.2 Å². The van der Waals surface area contributed by atoms with Gasteiger partial charge >= 0.3 is 0 Å². The summed E-state index contributed by atoms with van der Waals surface area (Å²) in [6.45, 7) is 9.58. The Balaban J connectivity index is 2.66. The third kappa shape index (κ3) is 2.80. The lowest BCUT2D eigenvalue weighted by molar-refractivity contribution is 0.107. The van der Waals surface area contributed by atoms with Crippen molar-refractivity contribution in [3.63, 3.8) is 0 Å². The van der Waals surface area contributed by atoms with Crippen LogP contribution < -0.4 is 5.30 Å². The Kier molecular flexibility index (Phi) is 4.72. The zero-order chi connectivity index (χ0) is 16.5. The molecule has 1 atom stereocenters. The van der Waals surface area contributed by atoms with Gasteiger partial charge < -0.3 is 4.57 Å². The van der Waals surface area contributed by atoms with E-state index in [1.807, 2.05) is 65.0 Å². The van der Waals surface area contributed by atoms with Crippen molar-refractivity contribution >= 4 is 18.0 Å². The Hall–Kier alpha value is -1.66. The Morgan fingerprint density at radius 3 is 1.91 bits per heavy atom. The van der Waals surface area contributed by atoms with Crippen molar-refractivity contribution in [2.24, 2.45) is 0 Å². The fraction of sp³-hybridized carbons (Fsp3) is 0.316. The summed E-state index contributed by atoms with van der Waals surface area (Å²) in [5.74, 6) is 0. The van der Waals surface area contributed by atoms with Gasteiger partial charge in [-0.15, -0.1) is 0 Å². The summed E-state index contributed by atoms with van der Waals surface area (Å²) in [4.78, 5) is 13.2. The van der Waals surface area contributed by atoms with Crippen molar-refractivity contribution in [3.05, 3.63) is 64.7 Å². The molecule has 3 heteroatoms. The number of hydrogen-bond donors (Lipinski definition) is 0. The van der Waals surface area contributed by atoms with Crippen LogP contribution in [0.3, 0.4) is 0 Å². The van der Waals surface area contributed by atoms with Crippen molar-refractivity contribution in [3.8, 4) is 0 Å². The maximum atomic E-state index is 13.7. The predicted octanol–water partition coefficient (Wildman–Crippen LogP) is 4.85. The van der Waals surface area contributed by atoms with E-state index in [2.05, 4.69) is 0 Å². The van der Waals surface area contributed by atoms with Gasteiger partial charge in [-0.05, 0) is 31.9 Å². The zero-order valence-corrected chi connectivity index (χ0v) is 14.8. The zero-order valence-electron chi connectivity index (χ0n) is 13.9. The van der Waals surface area contributed by atoms with Gasteiger partial charge in [0.05, 0.1) is 0 Å². The summed E-state index contributed by atoms with van der Waals surface area (Å²) >= 11 is 0. The highest BCUT2D eigenvalue weighted by Crippen LogP contribution is 2.53. The van der Waals surface area contributed by atoms with Gasteiger partial charge in [-0.25, -0.2) is 0 Å². The summed E-state index contributed by atoms with van der Waals surface area (Å²) in [6.07, 6.45) is 0. The standard InChI is InChI=1S/C19H23O2P/c1-13(2)22(21,17-9-7-6-8-10-17)19(20)18-15(4)11-14(3)12-16(18)5/h6-13H,1-5H3. The third-order valence-corrected chi connectivity index (χ3v) is 7.41. The summed E-state index contributed by atoms with van der Waals surface area (Å²) in [5.41, 5.74) is 3.10. The molecule has 2 nitrogen and oxygen atoms in total. The maximum Gasteiger partial charge on any atom is 0.226 e. The largest absolute Gasteiger partial charge is 0.310 e. The van der Waals surface area contributed by atoms with Gasteiger partial charge in [0.25, 0.3) is 0 Å². The second-order valence-corrected chi connectivity index (χ2v) is 9.44. The normalized spacial score (nSPS) is 13.9. The lowest BCUT2D eigenvalue weighted by Gasteiger charge is -2.23. The number of rotatable bonds is 4. The van der Waals surface area contributed by atoms with Crippen molar-refractivity contribution in [1.29, 1.82) is 0 Å². The molecular formula is C19H23O2P. The van der Waals surface area contributed by atoms with E-state index in [0.29, 0.717) is 10.9 Å². The number of benzene rings is 2. The maximum absolute atomic E-state index is 13.7. The van der Waals surface area contributed by atoms with Crippen LogP contribution in [0.1, 0.15) is 40.9 Å². The second kappa shape index (κ2) is 6.22. The van der Waals surface area contributed by atoms with Crippen molar-refractivity contribution in [2.75, 3.05) is 0 Å². The third-order valence-electron chi connectivity index (χ3n) is 4.06. The van der Waals surface area contributed by atoms with E-state index < -0.39 is 7.14 Å². The van der Waals surface area contributed by atoms with Gasteiger partial charge in [-0.1, -0.05) is 61.9 Å². The summed E-state index contributed by atoms with van der Waals surface area (Å²) < 4.78 is 13.7. The molecule has 0 saturated heterocycles. The topological polar surface area (TPSA) is 34.1 Å². The average Bonchev–Trinajstić information content (AvgIpc) is 2.45. The van der Waals surface area contributed by atoms with E-state index >= 15 is 0 Å². The predicted molar refractivity (Wildman–Crippen MR) is 93.8 cm³/mol. The van der Waals surface area contributed by atoms with Crippen LogP contribution in [0.4, 0.5) is 0 Å². The first-order valence-corrected chi connectivity index (χ1v) is 9.34. The molecule has 2 aromatic carbocycles. The van der Waals surface area contributed by atoms with Crippen LogP contribution in [0, 0.1) is 20.8 Å². The van der Waals surface area contributed by atoms with Gasteiger partial charge in [-0.3, -0.25) is 4.79 Å². The van der Waals surface area contributed by atoms with Gasteiger partial charge in [0, 0.05) is 16.5 Å². The van der Waals surface area contributed by atoms with Gasteiger partial charge in [0.1, 0.15) is 0 Å². The molecule has 0 saturated carbocycles. The monoisotopic (exact) mass is 314 g/mol. The minimum Gasteiger partial charge on any atom is -0.310 e. The number of aryl methyl sites for hydroxylation is 3. The van der Waals surface area contributed by atoms with Gasteiger partial charge in [0.2, 0.25) is 5.52 Å². The molecule has 0 N–H and O–H groups in total. The second-order valence-electron chi connectivity index (χ2n) is 6.17. The molecular weight excluding hydrogens is 291 g/mol. The Labute approximate surface area is 132 Å². The minimum atomic E-state index is -3.16. The van der Waals surface area contributed by atoms with E-state index in [1.165, 1.54) is 0 Å². The molecule has 0 bridgehead atoms. The van der Waals surface area contributed by atoms with Crippen LogP contribution in [-0.2, 0) is 4.57 Å². The first-order chi connectivity index (χ1) is 10.3. The van der Waals surface area contributed by atoms with E-state index in [4.69, 9.17) is 0 Å². The molecule has 116 valence electrons. The molecule has 0 heterocycles. The summed E-state index contributed by atoms with van der Waals surface area (Å²) in [6, 6.07) is 13.1. The van der Waals surface area contributed by atoms with Crippen LogP contribution >= 0.6 is 7.14 Å². The van der Waals surface area contributed by atoms with E-state index in [0.717, 1.165) is 16.7 Å². The average molecular weight is 314 g/mol. The molecule has 22 heavy (non-hydrogen) atoms. The summed E-state index contributed by atoms with van der Waals surface area (Å²) in [7, 11) is -3.16. The van der Waals surface area contributed by atoms with Crippen LogP contribution in [0.15, 0.2) is 42.5 Å². The fourth-order valence-electron chi connectivity index (χ4n) is 2.98. The molecule has 0 fully saturated rings. The van der Waals surface area contributed by atoms with Crippen LogP contribution in [-0.4, -0.2) is 11.2 Å². The van der Waals surface area contributed by atoms with E-state index in [9.17, 15) is 9.36 Å². The molecule has 0 spiro atoms. The highest BCUT2D eigenvalue weighted by atomic mass is 31.2. The molecule has 1 unspecified atom stereocenters. The first-order valence-electron chi connectivity index (χ1n) is 7.56. The number of carbonyl (C=O) groups excluding carboxylic acids is 1. The number of carbonyl (C=O) groups is 1. The van der Waals surface area contributed by atoms with Crippen molar-refractivity contribution < 1.29 is 9.36 Å². The Bertz CT molecular complexity index is 722. The summed E-state index contributed by atoms with van der Waals surface area (Å²) in [5, 5.41) is 0.648. The highest BCUT2D eigenvalue weighted by Gasteiger charge is 2.38. The van der Waals surface area contributed by atoms with Crippen molar-refractivity contribution in [2.45, 2.75) is 40.3 Å². The van der Waals surface area contributed by atoms with Gasteiger partial charge in [0.15, 0.2) is 7.14 Å². The fourth-order valence-corrected chi connectivity index (χ4v) is 5.58. The Morgan fingerprint density at radius 1 is 0.955 bits per heavy atom. The molecule has 0 amide bonds. The SMILES string of the molecule is Cc1cc(C)c(C(=O)P(=O)(c2ccccc2)C(C)C)c(C)c1. The highest BCUT2D eigenvalue weighted by molar-refractivity contribution is 7.88. The molecule has 0 aliphatic carbocycles. The molecule has 0 aromatic heterocycles. The lowest BCUT2D eigenvalue weighted by atomic mass is 10.0. The number of hydrogen-bond acceptors (Lipinski definition) is 2. The smallest absolute Gasteiger partial charge is 0.226 e. The lowest BCUT2D eigenvalue weighted by Crippen LogP contribution is -2.21. The quantitative estimate of drug-likeness (QED) is 0.756. The molecule has 2 aromatic rings. The van der Waals surface area contributed by atoms with Crippen LogP contribution in [0.5, 0.6) is 0 Å². The Morgan fingerprint density at radius 2 is 1.45 bits per heavy atom. The van der Waals surface area contributed by atoms with Gasteiger partial charge in [-0.2, -0.15) is 0 Å². The molecule has 0 aliphatic rings. The first kappa shape index (κ1) is 16.7. The molecule has 2 rings (SSSR count). The molecule has 0 aliphatic heterocycles. The molecule has 0 radical (unpaired) electrons. The van der Waals surface area contributed by atoms with Crippen LogP contribution in [0.2, 0.25) is 0 Å². The van der Waals surface area contributed by atoms with Crippen LogP contribution in [0.25, 0.3) is 0 Å².